The third kappa shape index (κ3) is 2.81. The summed E-state index contributed by atoms with van der Waals surface area (Å²) in [6.45, 7) is 2.05. The lowest BCUT2D eigenvalue weighted by Crippen LogP contribution is -2.13. The zero-order chi connectivity index (χ0) is 16.4. The lowest BCUT2D eigenvalue weighted by Gasteiger charge is -2.11. The normalized spacial score (nSPS) is 13.4. The van der Waals surface area contributed by atoms with Crippen LogP contribution in [0.25, 0.3) is 16.5 Å². The largest absolute Gasteiger partial charge is 0.368 e. The van der Waals surface area contributed by atoms with Crippen molar-refractivity contribution >= 4 is 34.5 Å². The standard InChI is InChI=1S/C16H16N8/c17-16-22-14-7-11(12-3-4-18-8-12)1-2-13(14)15(23-16)20-5-6-24-10-19-9-21-24/h1-4,7,9-10H,5-6,8H2,(H3,17,20,22,23). The number of aromatic nitrogens is 5. The Bertz CT molecular complexity index is 927. The number of fused-ring (bicyclic) bond motifs is 1. The molecule has 3 aromatic rings. The van der Waals surface area contributed by atoms with Crippen molar-refractivity contribution in [3.63, 3.8) is 0 Å². The molecular formula is C16H16N8. The molecule has 0 aliphatic carbocycles. The second-order valence-corrected chi connectivity index (χ2v) is 5.43. The predicted octanol–water partition coefficient (Wildman–Crippen LogP) is 1.38. The van der Waals surface area contributed by atoms with Crippen LogP contribution in [0, 0.1) is 0 Å². The van der Waals surface area contributed by atoms with Crippen LogP contribution >= 0.6 is 0 Å². The van der Waals surface area contributed by atoms with Crippen molar-refractivity contribution in [3.8, 4) is 0 Å². The third-order valence-electron chi connectivity index (χ3n) is 3.83. The highest BCUT2D eigenvalue weighted by molar-refractivity contribution is 5.95. The van der Waals surface area contributed by atoms with Crippen LogP contribution in [0.1, 0.15) is 5.56 Å². The van der Waals surface area contributed by atoms with E-state index in [1.165, 1.54) is 11.9 Å². The highest BCUT2D eigenvalue weighted by atomic mass is 15.3. The number of rotatable bonds is 5. The molecule has 8 nitrogen and oxygen atoms in total. The van der Waals surface area contributed by atoms with E-state index in [0.29, 0.717) is 19.6 Å². The van der Waals surface area contributed by atoms with Crippen molar-refractivity contribution in [2.75, 3.05) is 24.1 Å². The Morgan fingerprint density at radius 1 is 1.25 bits per heavy atom. The number of benzene rings is 1. The Balaban J connectivity index is 1.60. The molecule has 0 bridgehead atoms. The zero-order valence-electron chi connectivity index (χ0n) is 12.9. The lowest BCUT2D eigenvalue weighted by atomic mass is 10.0. The Kier molecular flexibility index (Phi) is 3.62. The molecule has 3 N–H and O–H groups in total. The van der Waals surface area contributed by atoms with Crippen LogP contribution in [0.4, 0.5) is 11.8 Å². The predicted molar refractivity (Wildman–Crippen MR) is 93.8 cm³/mol. The average molecular weight is 320 g/mol. The topological polar surface area (TPSA) is 107 Å². The quantitative estimate of drug-likeness (QED) is 0.735. The second-order valence-electron chi connectivity index (χ2n) is 5.43. The van der Waals surface area contributed by atoms with Gasteiger partial charge in [0.15, 0.2) is 0 Å². The van der Waals surface area contributed by atoms with Gasteiger partial charge in [0.25, 0.3) is 0 Å². The van der Waals surface area contributed by atoms with E-state index in [1.54, 1.807) is 11.0 Å². The molecule has 0 spiro atoms. The molecule has 8 heteroatoms. The number of allylic oxidation sites excluding steroid dienone is 1. The first-order valence-electron chi connectivity index (χ1n) is 7.62. The van der Waals surface area contributed by atoms with Crippen LogP contribution in [0.2, 0.25) is 0 Å². The molecule has 0 amide bonds. The monoisotopic (exact) mass is 320 g/mol. The average Bonchev–Trinajstić information content (AvgIpc) is 3.28. The molecule has 1 aliphatic heterocycles. The number of nitrogen functional groups attached to an aromatic ring is 1. The zero-order valence-corrected chi connectivity index (χ0v) is 12.9. The lowest BCUT2D eigenvalue weighted by molar-refractivity contribution is 0.635. The Hall–Kier alpha value is -3.29. The van der Waals surface area contributed by atoms with Gasteiger partial charge in [0.1, 0.15) is 18.5 Å². The summed E-state index contributed by atoms with van der Waals surface area (Å²) < 4.78 is 1.75. The smallest absolute Gasteiger partial charge is 0.222 e. The van der Waals surface area contributed by atoms with Crippen LogP contribution in [-0.4, -0.2) is 44.0 Å². The van der Waals surface area contributed by atoms with Crippen LogP contribution < -0.4 is 11.1 Å². The molecule has 0 unspecified atom stereocenters. The maximum atomic E-state index is 5.87. The summed E-state index contributed by atoms with van der Waals surface area (Å²) in [4.78, 5) is 16.8. The van der Waals surface area contributed by atoms with E-state index in [-0.39, 0.29) is 5.95 Å². The number of hydrogen-bond acceptors (Lipinski definition) is 7. The summed E-state index contributed by atoms with van der Waals surface area (Å²) in [5, 5.41) is 8.31. The van der Waals surface area contributed by atoms with Crippen LogP contribution in [0.15, 0.2) is 41.9 Å². The van der Waals surface area contributed by atoms with Gasteiger partial charge < -0.3 is 11.1 Å². The molecule has 24 heavy (non-hydrogen) atoms. The number of nitrogens with two attached hydrogens (primary N) is 1. The molecule has 0 radical (unpaired) electrons. The summed E-state index contributed by atoms with van der Waals surface area (Å²) in [5.74, 6) is 0.973. The van der Waals surface area contributed by atoms with Gasteiger partial charge in [-0.25, -0.2) is 9.97 Å². The van der Waals surface area contributed by atoms with Gasteiger partial charge in [-0.15, -0.1) is 0 Å². The fraction of sp³-hybridized carbons (Fsp3) is 0.188. The van der Waals surface area contributed by atoms with Crippen molar-refractivity contribution in [2.45, 2.75) is 6.54 Å². The molecule has 0 saturated heterocycles. The maximum Gasteiger partial charge on any atom is 0.222 e. The second kappa shape index (κ2) is 6.07. The van der Waals surface area contributed by atoms with E-state index in [9.17, 15) is 0 Å². The highest BCUT2D eigenvalue weighted by Gasteiger charge is 2.10. The van der Waals surface area contributed by atoms with Crippen molar-refractivity contribution in [1.82, 2.24) is 24.7 Å². The van der Waals surface area contributed by atoms with Gasteiger partial charge in [0.2, 0.25) is 5.95 Å². The number of nitrogens with zero attached hydrogens (tertiary/aromatic N) is 6. The van der Waals surface area contributed by atoms with Crippen molar-refractivity contribution in [1.29, 1.82) is 0 Å². The fourth-order valence-corrected chi connectivity index (χ4v) is 2.65. The molecule has 2 aromatic heterocycles. The van der Waals surface area contributed by atoms with Gasteiger partial charge >= 0.3 is 0 Å². The van der Waals surface area contributed by atoms with E-state index in [2.05, 4.69) is 36.4 Å². The summed E-state index contributed by atoms with van der Waals surface area (Å²) in [7, 11) is 0. The van der Waals surface area contributed by atoms with E-state index in [1.807, 2.05) is 24.4 Å². The minimum Gasteiger partial charge on any atom is -0.368 e. The van der Waals surface area contributed by atoms with Crippen LogP contribution in [-0.2, 0) is 6.54 Å². The molecule has 120 valence electrons. The number of aliphatic imine (C=N–C) groups is 1. The first kappa shape index (κ1) is 14.3. The Morgan fingerprint density at radius 3 is 3.00 bits per heavy atom. The molecular weight excluding hydrogens is 304 g/mol. The van der Waals surface area contributed by atoms with Crippen LogP contribution in [0.3, 0.4) is 0 Å². The molecule has 3 heterocycles. The fourth-order valence-electron chi connectivity index (χ4n) is 2.65. The summed E-state index contributed by atoms with van der Waals surface area (Å²) >= 11 is 0. The summed E-state index contributed by atoms with van der Waals surface area (Å²) in [6.07, 6.45) is 7.03. The van der Waals surface area contributed by atoms with E-state index in [4.69, 9.17) is 5.73 Å². The molecule has 1 aromatic carbocycles. The Labute approximate surface area is 138 Å². The number of hydrogen-bond donors (Lipinski definition) is 2. The van der Waals surface area contributed by atoms with Gasteiger partial charge in [0.05, 0.1) is 18.6 Å². The van der Waals surface area contributed by atoms with Gasteiger partial charge in [-0.1, -0.05) is 6.07 Å². The van der Waals surface area contributed by atoms with Crippen molar-refractivity contribution in [2.24, 2.45) is 4.99 Å². The molecule has 0 saturated carbocycles. The molecule has 0 atom stereocenters. The molecule has 0 fully saturated rings. The third-order valence-corrected chi connectivity index (χ3v) is 3.83. The van der Waals surface area contributed by atoms with Crippen molar-refractivity contribution < 1.29 is 0 Å². The molecule has 1 aliphatic rings. The summed E-state index contributed by atoms with van der Waals surface area (Å²) in [6, 6.07) is 6.10. The Morgan fingerprint density at radius 2 is 2.21 bits per heavy atom. The first-order chi connectivity index (χ1) is 11.8. The number of nitrogens with one attached hydrogen (secondary N) is 1. The van der Waals surface area contributed by atoms with E-state index >= 15 is 0 Å². The SMILES string of the molecule is Nc1nc(NCCn2cncn2)c2ccc(C3=CC=NC3)cc2n1. The molecule has 4 rings (SSSR count). The first-order valence-corrected chi connectivity index (χ1v) is 7.62. The van der Waals surface area contributed by atoms with Gasteiger partial charge in [-0.05, 0) is 29.3 Å². The van der Waals surface area contributed by atoms with Gasteiger partial charge in [-0.3, -0.25) is 9.67 Å². The van der Waals surface area contributed by atoms with Crippen LogP contribution in [0.5, 0.6) is 0 Å². The van der Waals surface area contributed by atoms with Gasteiger partial charge in [-0.2, -0.15) is 10.1 Å². The minimum absolute atomic E-state index is 0.250. The van der Waals surface area contributed by atoms with Gasteiger partial charge in [0, 0.05) is 18.1 Å². The number of anilines is 2. The van der Waals surface area contributed by atoms with E-state index in [0.717, 1.165) is 22.3 Å². The maximum absolute atomic E-state index is 5.87. The minimum atomic E-state index is 0.250. The van der Waals surface area contributed by atoms with Crippen molar-refractivity contribution in [3.05, 3.63) is 42.5 Å². The summed E-state index contributed by atoms with van der Waals surface area (Å²) in [5.41, 5.74) is 8.96. The van der Waals surface area contributed by atoms with E-state index < -0.39 is 0 Å². The highest BCUT2D eigenvalue weighted by Crippen LogP contribution is 2.26.